The Hall–Kier alpha value is -1.74. The molecule has 0 spiro atoms. The van der Waals surface area contributed by atoms with Crippen molar-refractivity contribution in [2.75, 3.05) is 13.1 Å². The molecule has 0 unspecified atom stereocenters. The van der Waals surface area contributed by atoms with E-state index in [1.54, 1.807) is 0 Å². The second-order valence-corrected chi connectivity index (χ2v) is 5.07. The molecular weight excluding hydrogens is 234 g/mol. The SMILES string of the molecule is c1ccc(C(c2ccccn2)C2CCNCC2)nc1. The van der Waals surface area contributed by atoms with Gasteiger partial charge in [-0.05, 0) is 56.1 Å². The number of nitrogens with zero attached hydrogens (tertiary/aromatic N) is 2. The number of aromatic nitrogens is 2. The molecular formula is C16H19N3. The summed E-state index contributed by atoms with van der Waals surface area (Å²) in [5.41, 5.74) is 2.29. The average molecular weight is 253 g/mol. The third-order valence-electron chi connectivity index (χ3n) is 3.87. The maximum Gasteiger partial charge on any atom is 0.0496 e. The van der Waals surface area contributed by atoms with Gasteiger partial charge in [0.05, 0.1) is 0 Å². The highest BCUT2D eigenvalue weighted by Crippen LogP contribution is 2.34. The third-order valence-corrected chi connectivity index (χ3v) is 3.87. The van der Waals surface area contributed by atoms with Crippen molar-refractivity contribution >= 4 is 0 Å². The minimum absolute atomic E-state index is 0.324. The van der Waals surface area contributed by atoms with Gasteiger partial charge in [-0.1, -0.05) is 12.1 Å². The molecule has 0 amide bonds. The van der Waals surface area contributed by atoms with E-state index in [0.29, 0.717) is 11.8 Å². The molecule has 1 N–H and O–H groups in total. The molecule has 3 nitrogen and oxygen atoms in total. The van der Waals surface area contributed by atoms with Crippen molar-refractivity contribution in [3.63, 3.8) is 0 Å². The number of hydrogen-bond acceptors (Lipinski definition) is 3. The Balaban J connectivity index is 1.96. The zero-order chi connectivity index (χ0) is 12.9. The standard InChI is InChI=1S/C16H19N3/c1-3-9-18-14(5-1)16(13-7-11-17-12-8-13)15-6-2-4-10-19-15/h1-6,9-10,13,16-17H,7-8,11-12H2. The highest BCUT2D eigenvalue weighted by atomic mass is 14.9. The molecule has 3 heterocycles. The lowest BCUT2D eigenvalue weighted by molar-refractivity contribution is 0.336. The van der Waals surface area contributed by atoms with E-state index in [2.05, 4.69) is 39.6 Å². The molecule has 3 rings (SSSR count). The normalized spacial score (nSPS) is 16.7. The first-order chi connectivity index (χ1) is 9.45. The van der Waals surface area contributed by atoms with Gasteiger partial charge in [0.15, 0.2) is 0 Å². The fourth-order valence-corrected chi connectivity index (χ4v) is 2.93. The van der Waals surface area contributed by atoms with Crippen molar-refractivity contribution in [2.24, 2.45) is 5.92 Å². The van der Waals surface area contributed by atoms with Gasteiger partial charge in [-0.15, -0.1) is 0 Å². The summed E-state index contributed by atoms with van der Waals surface area (Å²) in [4.78, 5) is 9.14. The predicted octanol–water partition coefficient (Wildman–Crippen LogP) is 2.61. The smallest absolute Gasteiger partial charge is 0.0496 e. The summed E-state index contributed by atoms with van der Waals surface area (Å²) in [5.74, 6) is 0.954. The average Bonchev–Trinajstić information content (AvgIpc) is 2.51. The van der Waals surface area contributed by atoms with Crippen LogP contribution in [0.15, 0.2) is 48.8 Å². The Morgan fingerprint density at radius 3 is 1.95 bits per heavy atom. The Labute approximate surface area is 114 Å². The van der Waals surface area contributed by atoms with Crippen LogP contribution in [-0.2, 0) is 0 Å². The Bertz CT molecular complexity index is 452. The van der Waals surface area contributed by atoms with Crippen molar-refractivity contribution in [1.82, 2.24) is 15.3 Å². The Morgan fingerprint density at radius 2 is 1.47 bits per heavy atom. The van der Waals surface area contributed by atoms with Gasteiger partial charge in [-0.25, -0.2) is 0 Å². The van der Waals surface area contributed by atoms with E-state index in [0.717, 1.165) is 24.5 Å². The largest absolute Gasteiger partial charge is 0.317 e. The minimum Gasteiger partial charge on any atom is -0.317 e. The fraction of sp³-hybridized carbons (Fsp3) is 0.375. The molecule has 3 heteroatoms. The van der Waals surface area contributed by atoms with Gasteiger partial charge in [-0.2, -0.15) is 0 Å². The van der Waals surface area contributed by atoms with Crippen LogP contribution in [0.25, 0.3) is 0 Å². The van der Waals surface area contributed by atoms with Gasteiger partial charge in [0, 0.05) is 29.7 Å². The first-order valence-electron chi connectivity index (χ1n) is 6.98. The van der Waals surface area contributed by atoms with Gasteiger partial charge in [-0.3, -0.25) is 9.97 Å². The highest BCUT2D eigenvalue weighted by molar-refractivity contribution is 5.24. The topological polar surface area (TPSA) is 37.8 Å². The first kappa shape index (κ1) is 12.3. The van der Waals surface area contributed by atoms with Crippen LogP contribution < -0.4 is 5.32 Å². The summed E-state index contributed by atoms with van der Waals surface area (Å²) in [5, 5.41) is 3.43. The van der Waals surface area contributed by atoms with E-state index in [9.17, 15) is 0 Å². The van der Waals surface area contributed by atoms with Crippen molar-refractivity contribution < 1.29 is 0 Å². The van der Waals surface area contributed by atoms with E-state index in [4.69, 9.17) is 0 Å². The lowest BCUT2D eigenvalue weighted by Crippen LogP contribution is -2.31. The molecule has 0 aromatic carbocycles. The molecule has 1 saturated heterocycles. The molecule has 0 atom stereocenters. The summed E-state index contributed by atoms with van der Waals surface area (Å²) in [6, 6.07) is 12.3. The number of rotatable bonds is 3. The quantitative estimate of drug-likeness (QED) is 0.913. The summed E-state index contributed by atoms with van der Waals surface area (Å²) < 4.78 is 0. The zero-order valence-electron chi connectivity index (χ0n) is 11.0. The maximum absolute atomic E-state index is 4.57. The molecule has 0 radical (unpaired) electrons. The number of pyridine rings is 2. The van der Waals surface area contributed by atoms with Crippen LogP contribution >= 0.6 is 0 Å². The van der Waals surface area contributed by atoms with Crippen LogP contribution in [0.1, 0.15) is 30.1 Å². The Kier molecular flexibility index (Phi) is 3.84. The van der Waals surface area contributed by atoms with Crippen molar-refractivity contribution in [2.45, 2.75) is 18.8 Å². The molecule has 98 valence electrons. The third kappa shape index (κ3) is 2.82. The molecule has 0 aliphatic carbocycles. The summed E-state index contributed by atoms with van der Waals surface area (Å²) in [7, 11) is 0. The van der Waals surface area contributed by atoms with Crippen LogP contribution in [0.2, 0.25) is 0 Å². The van der Waals surface area contributed by atoms with E-state index in [-0.39, 0.29) is 0 Å². The zero-order valence-corrected chi connectivity index (χ0v) is 11.0. The van der Waals surface area contributed by atoms with E-state index in [1.807, 2.05) is 24.5 Å². The molecule has 0 bridgehead atoms. The summed E-state index contributed by atoms with van der Waals surface area (Å²) >= 11 is 0. The lowest BCUT2D eigenvalue weighted by atomic mass is 9.80. The predicted molar refractivity (Wildman–Crippen MR) is 75.9 cm³/mol. The van der Waals surface area contributed by atoms with Crippen LogP contribution in [0, 0.1) is 5.92 Å². The molecule has 19 heavy (non-hydrogen) atoms. The second kappa shape index (κ2) is 5.93. The fourth-order valence-electron chi connectivity index (χ4n) is 2.93. The van der Waals surface area contributed by atoms with Crippen LogP contribution in [-0.4, -0.2) is 23.1 Å². The van der Waals surface area contributed by atoms with Gasteiger partial charge in [0.2, 0.25) is 0 Å². The molecule has 2 aromatic rings. The monoisotopic (exact) mass is 253 g/mol. The number of nitrogens with one attached hydrogen (secondary N) is 1. The van der Waals surface area contributed by atoms with E-state index >= 15 is 0 Å². The summed E-state index contributed by atoms with van der Waals surface area (Å²) in [6.45, 7) is 2.20. The van der Waals surface area contributed by atoms with Gasteiger partial charge in [0.25, 0.3) is 0 Å². The number of hydrogen-bond donors (Lipinski definition) is 1. The van der Waals surface area contributed by atoms with Crippen molar-refractivity contribution in [3.05, 3.63) is 60.2 Å². The lowest BCUT2D eigenvalue weighted by Gasteiger charge is -2.30. The van der Waals surface area contributed by atoms with Gasteiger partial charge in [0.1, 0.15) is 0 Å². The van der Waals surface area contributed by atoms with Crippen LogP contribution in [0.5, 0.6) is 0 Å². The summed E-state index contributed by atoms with van der Waals surface area (Å²) in [6.07, 6.45) is 6.15. The van der Waals surface area contributed by atoms with Crippen LogP contribution in [0.4, 0.5) is 0 Å². The second-order valence-electron chi connectivity index (χ2n) is 5.07. The molecule has 2 aromatic heterocycles. The maximum atomic E-state index is 4.57. The molecule has 1 aliphatic heterocycles. The van der Waals surface area contributed by atoms with Crippen LogP contribution in [0.3, 0.4) is 0 Å². The van der Waals surface area contributed by atoms with E-state index in [1.165, 1.54) is 12.8 Å². The molecule has 0 saturated carbocycles. The van der Waals surface area contributed by atoms with Gasteiger partial charge < -0.3 is 5.32 Å². The Morgan fingerprint density at radius 1 is 0.895 bits per heavy atom. The molecule has 1 aliphatic rings. The minimum atomic E-state index is 0.324. The number of piperidine rings is 1. The van der Waals surface area contributed by atoms with Crippen molar-refractivity contribution in [3.8, 4) is 0 Å². The van der Waals surface area contributed by atoms with E-state index < -0.39 is 0 Å². The first-order valence-corrected chi connectivity index (χ1v) is 6.98. The van der Waals surface area contributed by atoms with Crippen molar-refractivity contribution in [1.29, 1.82) is 0 Å². The highest BCUT2D eigenvalue weighted by Gasteiger charge is 2.28. The molecule has 1 fully saturated rings. The van der Waals surface area contributed by atoms with Gasteiger partial charge >= 0.3 is 0 Å².